The molecular weight excluding hydrogens is 340 g/mol. The molecule has 1 N–H and O–H groups in total. The molecule has 2 aromatic rings. The summed E-state index contributed by atoms with van der Waals surface area (Å²) in [6.45, 7) is 1.90. The van der Waals surface area contributed by atoms with Gasteiger partial charge in [0, 0.05) is 6.04 Å². The minimum absolute atomic E-state index is 0.108. The molecule has 3 rings (SSSR count). The molecule has 1 atom stereocenters. The van der Waals surface area contributed by atoms with Gasteiger partial charge in [0.25, 0.3) is 11.8 Å². The van der Waals surface area contributed by atoms with Gasteiger partial charge in [-0.3, -0.25) is 9.59 Å². The quantitative estimate of drug-likeness (QED) is 0.834. The second-order valence-corrected chi connectivity index (χ2v) is 5.99. The number of halogens is 1. The lowest BCUT2D eigenvalue weighted by molar-refractivity contribution is -0.120. The summed E-state index contributed by atoms with van der Waals surface area (Å²) in [5.74, 6) is -0.375. The minimum Gasteiger partial charge on any atom is -0.497 e. The topological polar surface area (TPSA) is 58.6 Å². The Balaban J connectivity index is 1.83. The molecule has 1 heterocycles. The van der Waals surface area contributed by atoms with Crippen molar-refractivity contribution in [3.8, 4) is 5.75 Å². The zero-order valence-corrected chi connectivity index (χ0v) is 14.6. The Hall–Kier alpha value is -2.79. The molecule has 0 saturated heterocycles. The number of hydrogen-bond acceptors (Lipinski definition) is 4. The van der Waals surface area contributed by atoms with Crippen LogP contribution in [0.15, 0.2) is 65.3 Å². The predicted molar refractivity (Wildman–Crippen MR) is 96.4 cm³/mol. The van der Waals surface area contributed by atoms with Gasteiger partial charge in [0.2, 0.25) is 0 Å². The molecule has 0 spiro atoms. The van der Waals surface area contributed by atoms with Crippen LogP contribution in [-0.4, -0.2) is 18.9 Å². The van der Waals surface area contributed by atoms with Crippen molar-refractivity contribution in [2.45, 2.75) is 13.0 Å². The Bertz CT molecular complexity index is 832. The molecule has 2 aromatic carbocycles. The van der Waals surface area contributed by atoms with E-state index in [0.29, 0.717) is 11.4 Å². The molecule has 0 unspecified atom stereocenters. The van der Waals surface area contributed by atoms with Crippen LogP contribution in [0.5, 0.6) is 5.75 Å². The van der Waals surface area contributed by atoms with E-state index in [-0.39, 0.29) is 16.8 Å². The van der Waals surface area contributed by atoms with Crippen LogP contribution in [-0.2, 0) is 9.59 Å². The fraction of sp³-hybridized carbons (Fsp3) is 0.158. The monoisotopic (exact) mass is 356 g/mol. The Morgan fingerprint density at radius 1 is 1.00 bits per heavy atom. The SMILES string of the molecule is COc1ccc(N2C(=O)C(Cl)=C(N[C@H](C)c3ccccc3)C2=O)cc1. The molecule has 6 heteroatoms. The van der Waals surface area contributed by atoms with E-state index < -0.39 is 11.8 Å². The first-order chi connectivity index (χ1) is 12.0. The van der Waals surface area contributed by atoms with Crippen molar-refractivity contribution >= 4 is 29.1 Å². The smallest absolute Gasteiger partial charge is 0.283 e. The summed E-state index contributed by atoms with van der Waals surface area (Å²) in [5, 5.41) is 2.95. The van der Waals surface area contributed by atoms with E-state index in [9.17, 15) is 9.59 Å². The van der Waals surface area contributed by atoms with Gasteiger partial charge in [-0.25, -0.2) is 4.90 Å². The number of carbonyl (C=O) groups is 2. The number of nitrogens with one attached hydrogen (secondary N) is 1. The summed E-state index contributed by atoms with van der Waals surface area (Å²) in [7, 11) is 1.55. The van der Waals surface area contributed by atoms with Crippen molar-refractivity contribution < 1.29 is 14.3 Å². The van der Waals surface area contributed by atoms with Crippen molar-refractivity contribution in [1.29, 1.82) is 0 Å². The highest BCUT2D eigenvalue weighted by molar-refractivity contribution is 6.52. The van der Waals surface area contributed by atoms with Gasteiger partial charge in [0.05, 0.1) is 12.8 Å². The molecule has 128 valence electrons. The normalized spacial score (nSPS) is 15.6. The average Bonchev–Trinajstić information content (AvgIpc) is 2.86. The number of amides is 2. The summed E-state index contributed by atoms with van der Waals surface area (Å²) in [4.78, 5) is 26.2. The van der Waals surface area contributed by atoms with Crippen LogP contribution in [0.3, 0.4) is 0 Å². The van der Waals surface area contributed by atoms with Crippen LogP contribution in [0, 0.1) is 0 Å². The molecule has 25 heavy (non-hydrogen) atoms. The van der Waals surface area contributed by atoms with Gasteiger partial charge in [0.15, 0.2) is 0 Å². The fourth-order valence-corrected chi connectivity index (χ4v) is 2.86. The van der Waals surface area contributed by atoms with Crippen molar-refractivity contribution in [3.63, 3.8) is 0 Å². The van der Waals surface area contributed by atoms with Crippen LogP contribution < -0.4 is 15.0 Å². The summed E-state index contributed by atoms with van der Waals surface area (Å²) in [5.41, 5.74) is 1.54. The third kappa shape index (κ3) is 3.23. The van der Waals surface area contributed by atoms with Gasteiger partial charge in [-0.2, -0.15) is 0 Å². The lowest BCUT2D eigenvalue weighted by atomic mass is 10.1. The zero-order valence-electron chi connectivity index (χ0n) is 13.8. The van der Waals surface area contributed by atoms with Crippen molar-refractivity contribution in [2.75, 3.05) is 12.0 Å². The van der Waals surface area contributed by atoms with Crippen LogP contribution in [0.1, 0.15) is 18.5 Å². The van der Waals surface area contributed by atoms with E-state index in [4.69, 9.17) is 16.3 Å². The van der Waals surface area contributed by atoms with Crippen molar-refractivity contribution in [1.82, 2.24) is 5.32 Å². The third-order valence-corrected chi connectivity index (χ3v) is 4.37. The molecule has 0 aliphatic carbocycles. The second-order valence-electron chi connectivity index (χ2n) is 5.61. The van der Waals surface area contributed by atoms with Crippen molar-refractivity contribution in [2.24, 2.45) is 0 Å². The number of nitrogens with zero attached hydrogens (tertiary/aromatic N) is 1. The lowest BCUT2D eigenvalue weighted by Crippen LogP contribution is -2.34. The Morgan fingerprint density at radius 3 is 2.24 bits per heavy atom. The predicted octanol–water partition coefficient (Wildman–Crippen LogP) is 3.37. The van der Waals surface area contributed by atoms with Gasteiger partial charge in [-0.1, -0.05) is 41.9 Å². The molecule has 5 nitrogen and oxygen atoms in total. The van der Waals surface area contributed by atoms with Crippen LogP contribution in [0.25, 0.3) is 0 Å². The molecule has 0 saturated carbocycles. The van der Waals surface area contributed by atoms with Crippen molar-refractivity contribution in [3.05, 3.63) is 70.9 Å². The number of ether oxygens (including phenoxy) is 1. The third-order valence-electron chi connectivity index (χ3n) is 4.02. The molecular formula is C19H17ClN2O3. The van der Waals surface area contributed by atoms with Gasteiger partial charge in [-0.05, 0) is 36.8 Å². The van der Waals surface area contributed by atoms with Crippen LogP contribution >= 0.6 is 11.6 Å². The number of rotatable bonds is 5. The number of imide groups is 1. The summed E-state index contributed by atoms with van der Waals surface area (Å²) in [6.07, 6.45) is 0. The van der Waals surface area contributed by atoms with E-state index >= 15 is 0 Å². The molecule has 1 aliphatic heterocycles. The standard InChI is InChI=1S/C19H17ClN2O3/c1-12(13-6-4-3-5-7-13)21-17-16(20)18(23)22(19(17)24)14-8-10-15(25-2)11-9-14/h3-12,21H,1-2H3/t12-/m1/s1. The Morgan fingerprint density at radius 2 is 1.64 bits per heavy atom. The van der Waals surface area contributed by atoms with Crippen LogP contribution in [0.4, 0.5) is 5.69 Å². The summed E-state index contributed by atoms with van der Waals surface area (Å²) in [6, 6.07) is 16.1. The van der Waals surface area contributed by atoms with Gasteiger partial charge in [0.1, 0.15) is 16.5 Å². The fourth-order valence-electron chi connectivity index (χ4n) is 2.64. The number of benzene rings is 2. The summed E-state index contributed by atoms with van der Waals surface area (Å²) >= 11 is 6.14. The molecule has 0 fully saturated rings. The lowest BCUT2D eigenvalue weighted by Gasteiger charge is -2.18. The average molecular weight is 357 g/mol. The van der Waals surface area contributed by atoms with Gasteiger partial charge in [-0.15, -0.1) is 0 Å². The highest BCUT2D eigenvalue weighted by Gasteiger charge is 2.39. The van der Waals surface area contributed by atoms with Gasteiger partial charge >= 0.3 is 0 Å². The molecule has 0 radical (unpaired) electrons. The van der Waals surface area contributed by atoms with Gasteiger partial charge < -0.3 is 10.1 Å². The molecule has 0 bridgehead atoms. The maximum atomic E-state index is 12.7. The number of carbonyl (C=O) groups excluding carboxylic acids is 2. The van der Waals surface area contributed by atoms with Crippen LogP contribution in [0.2, 0.25) is 0 Å². The maximum Gasteiger partial charge on any atom is 0.283 e. The number of anilines is 1. The highest BCUT2D eigenvalue weighted by Crippen LogP contribution is 2.30. The van der Waals surface area contributed by atoms with E-state index in [1.807, 2.05) is 37.3 Å². The minimum atomic E-state index is -0.542. The molecule has 2 amide bonds. The largest absolute Gasteiger partial charge is 0.497 e. The molecule has 1 aliphatic rings. The second kappa shape index (κ2) is 6.99. The van der Waals surface area contributed by atoms with E-state index in [1.165, 1.54) is 0 Å². The highest BCUT2D eigenvalue weighted by atomic mass is 35.5. The first kappa shape index (κ1) is 17.0. The number of hydrogen-bond donors (Lipinski definition) is 1. The Kier molecular flexibility index (Phi) is 4.76. The van der Waals surface area contributed by atoms with E-state index in [0.717, 1.165) is 10.5 Å². The van der Waals surface area contributed by atoms with E-state index in [1.54, 1.807) is 31.4 Å². The zero-order chi connectivity index (χ0) is 18.0. The summed E-state index contributed by atoms with van der Waals surface area (Å²) < 4.78 is 5.09. The Labute approximate surface area is 150 Å². The first-order valence-electron chi connectivity index (χ1n) is 7.77. The number of methoxy groups -OCH3 is 1. The maximum absolute atomic E-state index is 12.7. The first-order valence-corrected chi connectivity index (χ1v) is 8.15. The van der Waals surface area contributed by atoms with E-state index in [2.05, 4.69) is 5.32 Å². The molecule has 0 aromatic heterocycles.